The van der Waals surface area contributed by atoms with Crippen LogP contribution in [0.4, 0.5) is 4.39 Å². The van der Waals surface area contributed by atoms with Crippen LogP contribution in [0.5, 0.6) is 0 Å². The number of allylic oxidation sites excluding steroid dienone is 1. The maximum atomic E-state index is 15.2. The molecule has 1 saturated carbocycles. The molecule has 0 unspecified atom stereocenters. The third-order valence-corrected chi connectivity index (χ3v) is 7.70. The van der Waals surface area contributed by atoms with Crippen molar-refractivity contribution in [3.8, 4) is 11.8 Å². The van der Waals surface area contributed by atoms with Crippen molar-refractivity contribution in [1.29, 1.82) is 0 Å². The summed E-state index contributed by atoms with van der Waals surface area (Å²) in [7, 11) is 0. The molecule has 0 radical (unpaired) electrons. The Kier molecular flexibility index (Phi) is 9.19. The standard InChI is InChI=1S/C34H39F/c1-3-5-6-7-8-27-13-15-28(16-14-27)17-18-30-20-24-33-32(25-30)23-22-31(34(33)35)21-19-29-11-9-26(4-2)10-12-29/h4,13-16,20,22-26,29H,2-3,5-12,19,21H2,1H3. The van der Waals surface area contributed by atoms with Crippen LogP contribution < -0.4 is 0 Å². The molecule has 1 heteroatoms. The number of halogens is 1. The summed E-state index contributed by atoms with van der Waals surface area (Å²) in [6.07, 6.45) is 15.3. The van der Waals surface area contributed by atoms with Crippen molar-refractivity contribution in [2.24, 2.45) is 11.8 Å². The lowest BCUT2D eigenvalue weighted by atomic mass is 9.79. The maximum absolute atomic E-state index is 15.2. The Balaban J connectivity index is 1.37. The Morgan fingerprint density at radius 3 is 2.34 bits per heavy atom. The van der Waals surface area contributed by atoms with Crippen LogP contribution in [0, 0.1) is 29.5 Å². The molecule has 0 saturated heterocycles. The Morgan fingerprint density at radius 2 is 1.60 bits per heavy atom. The zero-order valence-corrected chi connectivity index (χ0v) is 21.3. The number of hydrogen-bond donors (Lipinski definition) is 0. The molecule has 1 aliphatic rings. The molecule has 0 amide bonds. The van der Waals surface area contributed by atoms with Crippen LogP contribution in [0.2, 0.25) is 0 Å². The van der Waals surface area contributed by atoms with Crippen LogP contribution >= 0.6 is 0 Å². The number of fused-ring (bicyclic) bond motifs is 1. The summed E-state index contributed by atoms with van der Waals surface area (Å²) >= 11 is 0. The van der Waals surface area contributed by atoms with Gasteiger partial charge in [-0.1, -0.05) is 74.4 Å². The maximum Gasteiger partial charge on any atom is 0.134 e. The molecule has 182 valence electrons. The quantitative estimate of drug-likeness (QED) is 0.167. The molecular weight excluding hydrogens is 427 g/mol. The molecule has 0 N–H and O–H groups in total. The molecule has 0 aliphatic heterocycles. The number of rotatable bonds is 9. The normalized spacial score (nSPS) is 17.7. The van der Waals surface area contributed by atoms with E-state index in [-0.39, 0.29) is 5.82 Å². The average molecular weight is 467 g/mol. The first-order valence-electron chi connectivity index (χ1n) is 13.6. The van der Waals surface area contributed by atoms with E-state index in [0.717, 1.165) is 41.3 Å². The van der Waals surface area contributed by atoms with E-state index in [1.165, 1.54) is 56.9 Å². The molecule has 0 spiro atoms. The van der Waals surface area contributed by atoms with Crippen LogP contribution in [0.25, 0.3) is 10.8 Å². The van der Waals surface area contributed by atoms with Crippen molar-refractivity contribution in [3.63, 3.8) is 0 Å². The fraction of sp³-hybridized carbons (Fsp3) is 0.412. The molecule has 0 aromatic heterocycles. The second-order valence-corrected chi connectivity index (χ2v) is 10.3. The van der Waals surface area contributed by atoms with E-state index in [0.29, 0.717) is 17.2 Å². The third kappa shape index (κ3) is 7.08. The number of aryl methyl sites for hydroxylation is 2. The predicted octanol–water partition coefficient (Wildman–Crippen LogP) is 9.43. The van der Waals surface area contributed by atoms with Crippen LogP contribution in [0.3, 0.4) is 0 Å². The molecule has 1 aliphatic carbocycles. The zero-order chi connectivity index (χ0) is 24.5. The van der Waals surface area contributed by atoms with Gasteiger partial charge in [0, 0.05) is 16.5 Å². The van der Waals surface area contributed by atoms with E-state index in [1.807, 2.05) is 24.3 Å². The van der Waals surface area contributed by atoms with E-state index in [4.69, 9.17) is 0 Å². The molecule has 4 rings (SSSR count). The highest BCUT2D eigenvalue weighted by molar-refractivity contribution is 5.85. The van der Waals surface area contributed by atoms with Gasteiger partial charge in [0.25, 0.3) is 0 Å². The first-order valence-corrected chi connectivity index (χ1v) is 13.6. The average Bonchev–Trinajstić information content (AvgIpc) is 2.90. The first-order chi connectivity index (χ1) is 17.2. The van der Waals surface area contributed by atoms with Crippen LogP contribution in [-0.4, -0.2) is 0 Å². The molecule has 0 nitrogen and oxygen atoms in total. The van der Waals surface area contributed by atoms with E-state index in [9.17, 15) is 0 Å². The minimum atomic E-state index is -0.0590. The number of unbranched alkanes of at least 4 members (excludes halogenated alkanes) is 3. The van der Waals surface area contributed by atoms with Crippen molar-refractivity contribution >= 4 is 10.8 Å². The summed E-state index contributed by atoms with van der Waals surface area (Å²) in [5.41, 5.74) is 4.17. The molecule has 1 fully saturated rings. The number of benzene rings is 3. The van der Waals surface area contributed by atoms with Crippen molar-refractivity contribution in [1.82, 2.24) is 0 Å². The summed E-state index contributed by atoms with van der Waals surface area (Å²) in [6, 6.07) is 18.5. The predicted molar refractivity (Wildman–Crippen MR) is 148 cm³/mol. The third-order valence-electron chi connectivity index (χ3n) is 7.70. The lowest BCUT2D eigenvalue weighted by Crippen LogP contribution is -2.13. The van der Waals surface area contributed by atoms with Gasteiger partial charge in [-0.25, -0.2) is 4.39 Å². The van der Waals surface area contributed by atoms with Gasteiger partial charge in [-0.05, 0) is 104 Å². The van der Waals surface area contributed by atoms with Crippen LogP contribution in [-0.2, 0) is 12.8 Å². The van der Waals surface area contributed by atoms with Gasteiger partial charge in [0.2, 0.25) is 0 Å². The molecule has 3 aromatic rings. The summed E-state index contributed by atoms with van der Waals surface area (Å²) in [6.45, 7) is 6.18. The summed E-state index contributed by atoms with van der Waals surface area (Å²) < 4.78 is 15.2. The van der Waals surface area contributed by atoms with E-state index in [2.05, 4.69) is 61.8 Å². The van der Waals surface area contributed by atoms with Crippen molar-refractivity contribution in [3.05, 3.63) is 95.3 Å². The highest BCUT2D eigenvalue weighted by Gasteiger charge is 2.19. The van der Waals surface area contributed by atoms with Gasteiger partial charge >= 0.3 is 0 Å². The molecule has 0 atom stereocenters. The minimum Gasteiger partial charge on any atom is -0.206 e. The fourth-order valence-corrected chi connectivity index (χ4v) is 5.34. The Bertz CT molecular complexity index is 1170. The molecule has 35 heavy (non-hydrogen) atoms. The topological polar surface area (TPSA) is 0 Å². The zero-order valence-electron chi connectivity index (χ0n) is 21.3. The van der Waals surface area contributed by atoms with Gasteiger partial charge in [-0.2, -0.15) is 0 Å². The SMILES string of the molecule is C=CC1CCC(CCc2ccc3cc(C#Cc4ccc(CCCCCC)cc4)ccc3c2F)CC1. The summed E-state index contributed by atoms with van der Waals surface area (Å²) in [5, 5.41) is 1.63. The Hall–Kier alpha value is -2.85. The van der Waals surface area contributed by atoms with Crippen molar-refractivity contribution in [2.45, 2.75) is 77.6 Å². The van der Waals surface area contributed by atoms with Crippen molar-refractivity contribution < 1.29 is 4.39 Å². The molecular formula is C34H39F. The van der Waals surface area contributed by atoms with Crippen LogP contribution in [0.15, 0.2) is 67.3 Å². The summed E-state index contributed by atoms with van der Waals surface area (Å²) in [5.74, 6) is 7.87. The molecule has 3 aromatic carbocycles. The van der Waals surface area contributed by atoms with Gasteiger partial charge in [0.15, 0.2) is 0 Å². The highest BCUT2D eigenvalue weighted by Crippen LogP contribution is 2.33. The van der Waals surface area contributed by atoms with Gasteiger partial charge < -0.3 is 0 Å². The van der Waals surface area contributed by atoms with Gasteiger partial charge in [0.1, 0.15) is 5.82 Å². The van der Waals surface area contributed by atoms with Gasteiger partial charge in [-0.15, -0.1) is 6.58 Å². The van der Waals surface area contributed by atoms with E-state index >= 15 is 4.39 Å². The van der Waals surface area contributed by atoms with Gasteiger partial charge in [-0.3, -0.25) is 0 Å². The molecule has 0 heterocycles. The Labute approximate surface area is 211 Å². The van der Waals surface area contributed by atoms with Gasteiger partial charge in [0.05, 0.1) is 0 Å². The highest BCUT2D eigenvalue weighted by atomic mass is 19.1. The minimum absolute atomic E-state index is 0.0590. The largest absolute Gasteiger partial charge is 0.206 e. The monoisotopic (exact) mass is 466 g/mol. The lowest BCUT2D eigenvalue weighted by Gasteiger charge is -2.26. The molecule has 0 bridgehead atoms. The first kappa shape index (κ1) is 25.2. The second kappa shape index (κ2) is 12.7. The number of hydrogen-bond acceptors (Lipinski definition) is 0. The Morgan fingerprint density at radius 1 is 0.857 bits per heavy atom. The lowest BCUT2D eigenvalue weighted by molar-refractivity contribution is 0.295. The van der Waals surface area contributed by atoms with E-state index < -0.39 is 0 Å². The van der Waals surface area contributed by atoms with Crippen LogP contribution in [0.1, 0.15) is 87.0 Å². The summed E-state index contributed by atoms with van der Waals surface area (Å²) in [4.78, 5) is 0. The smallest absolute Gasteiger partial charge is 0.134 e. The van der Waals surface area contributed by atoms with E-state index in [1.54, 1.807) is 0 Å². The fourth-order valence-electron chi connectivity index (χ4n) is 5.34. The second-order valence-electron chi connectivity index (χ2n) is 10.3. The van der Waals surface area contributed by atoms with Crippen molar-refractivity contribution in [2.75, 3.05) is 0 Å².